The molecule has 0 amide bonds. The Balaban J connectivity index is 0.000000309. The van der Waals surface area contributed by atoms with Gasteiger partial charge < -0.3 is 59.9 Å². The SMILES string of the molecule is CCOCCn1c(CN2CCNCC2)nc2ccncc21.CCOCCn1c(CN2CCNCC2)nc2ccncc21.O=C(O)C=CC(=O)O.O=C(O)C=CC(=O)O.O=C(O)C=CC(=O)O. The summed E-state index contributed by atoms with van der Waals surface area (Å²) in [6.45, 7) is 18.9. The third-order valence-corrected chi connectivity index (χ3v) is 8.84. The zero-order valence-corrected chi connectivity index (χ0v) is 36.8. The number of carboxylic acid groups (broad SMARTS) is 6. The predicted octanol–water partition coefficient (Wildman–Crippen LogP) is 0.881. The van der Waals surface area contributed by atoms with Crippen molar-refractivity contribution in [2.24, 2.45) is 0 Å². The number of piperazine rings is 2. The fourth-order valence-electron chi connectivity index (χ4n) is 5.95. The van der Waals surface area contributed by atoms with Crippen molar-refractivity contribution in [1.82, 2.24) is 49.5 Å². The van der Waals surface area contributed by atoms with Crippen molar-refractivity contribution in [2.45, 2.75) is 40.0 Å². The summed E-state index contributed by atoms with van der Waals surface area (Å²) in [4.78, 5) is 80.3. The van der Waals surface area contributed by atoms with Gasteiger partial charge in [-0.1, -0.05) is 0 Å². The van der Waals surface area contributed by atoms with E-state index in [0.29, 0.717) is 49.7 Å². The van der Waals surface area contributed by atoms with Gasteiger partial charge in [-0.2, -0.15) is 0 Å². The van der Waals surface area contributed by atoms with E-state index < -0.39 is 35.8 Å². The van der Waals surface area contributed by atoms with Gasteiger partial charge >= 0.3 is 35.8 Å². The first-order valence-electron chi connectivity index (χ1n) is 20.7. The van der Waals surface area contributed by atoms with Crippen LogP contribution >= 0.6 is 0 Å². The van der Waals surface area contributed by atoms with Crippen LogP contribution in [0.2, 0.25) is 0 Å². The number of fused-ring (bicyclic) bond motifs is 2. The van der Waals surface area contributed by atoms with Crippen LogP contribution < -0.4 is 10.6 Å². The number of carbonyl (C=O) groups is 6. The monoisotopic (exact) mass is 926 g/mol. The van der Waals surface area contributed by atoms with E-state index in [4.69, 9.17) is 50.1 Å². The number of rotatable bonds is 18. The van der Waals surface area contributed by atoms with Crippen molar-refractivity contribution >= 4 is 57.9 Å². The lowest BCUT2D eigenvalue weighted by Gasteiger charge is -2.27. The average molecular weight is 927 g/mol. The summed E-state index contributed by atoms with van der Waals surface area (Å²) >= 11 is 0. The van der Waals surface area contributed by atoms with Crippen LogP contribution in [0.1, 0.15) is 25.5 Å². The highest BCUT2D eigenvalue weighted by Crippen LogP contribution is 2.18. The normalized spacial score (nSPS) is 14.0. The van der Waals surface area contributed by atoms with Crippen LogP contribution in [0.5, 0.6) is 0 Å². The highest BCUT2D eigenvalue weighted by atomic mass is 16.5. The molecule has 6 heterocycles. The van der Waals surface area contributed by atoms with Gasteiger partial charge in [-0.05, 0) is 26.0 Å². The summed E-state index contributed by atoms with van der Waals surface area (Å²) in [5.41, 5.74) is 4.24. The van der Waals surface area contributed by atoms with Crippen LogP contribution in [0.4, 0.5) is 0 Å². The Morgan fingerprint density at radius 3 is 1.12 bits per heavy atom. The van der Waals surface area contributed by atoms with Gasteiger partial charge in [-0.3, -0.25) is 19.8 Å². The Morgan fingerprint density at radius 1 is 0.545 bits per heavy atom. The van der Waals surface area contributed by atoms with Crippen molar-refractivity contribution < 1.29 is 68.9 Å². The summed E-state index contributed by atoms with van der Waals surface area (Å²) in [7, 11) is 0. The van der Waals surface area contributed by atoms with E-state index >= 15 is 0 Å². The lowest BCUT2D eigenvalue weighted by molar-refractivity contribution is -0.134. The minimum Gasteiger partial charge on any atom is -0.478 e. The van der Waals surface area contributed by atoms with Crippen molar-refractivity contribution in [3.8, 4) is 0 Å². The van der Waals surface area contributed by atoms with Crippen molar-refractivity contribution in [1.29, 1.82) is 0 Å². The number of aliphatic carboxylic acids is 6. The number of nitrogens with zero attached hydrogens (tertiary/aromatic N) is 8. The first-order chi connectivity index (χ1) is 31.6. The van der Waals surface area contributed by atoms with Crippen LogP contribution in [0.3, 0.4) is 0 Å². The molecule has 66 heavy (non-hydrogen) atoms. The number of imidazole rings is 2. The standard InChI is InChI=1S/2C15H23N5O.3C4H4O4/c2*1-2-21-10-9-20-14-11-17-4-3-13(14)18-15(20)12-19-7-5-16-6-8-19;3*5-3(6)1-2-4(7)8/h2*3-4,11,16H,2,5-10,12H2,1H3;3*1-2H,(H,5,6)(H,7,8). The Hall–Kier alpha value is -6.96. The third kappa shape index (κ3) is 23.1. The summed E-state index contributed by atoms with van der Waals surface area (Å²) in [5.74, 6) is -5.32. The molecule has 6 rings (SSSR count). The Morgan fingerprint density at radius 2 is 0.848 bits per heavy atom. The molecule has 0 aromatic carbocycles. The van der Waals surface area contributed by atoms with Gasteiger partial charge in [0.1, 0.15) is 11.6 Å². The molecule has 4 aromatic heterocycles. The van der Waals surface area contributed by atoms with E-state index in [2.05, 4.69) is 39.5 Å². The topological polar surface area (TPSA) is 334 Å². The number of hydrogen-bond donors (Lipinski definition) is 8. The van der Waals surface area contributed by atoms with Crippen LogP contribution in [-0.2, 0) is 64.4 Å². The second-order valence-electron chi connectivity index (χ2n) is 13.6. The molecule has 0 aliphatic carbocycles. The van der Waals surface area contributed by atoms with E-state index in [1.54, 1.807) is 12.4 Å². The quantitative estimate of drug-likeness (QED) is 0.0507. The fourth-order valence-corrected chi connectivity index (χ4v) is 5.95. The fraction of sp³-hybridized carbons (Fsp3) is 0.429. The lowest BCUT2D eigenvalue weighted by Crippen LogP contribution is -2.43. The number of nitrogens with one attached hydrogen (secondary N) is 2. The molecule has 2 aliphatic heterocycles. The zero-order chi connectivity index (χ0) is 48.7. The Kier molecular flexibility index (Phi) is 26.6. The van der Waals surface area contributed by atoms with Crippen molar-refractivity contribution in [2.75, 3.05) is 78.8 Å². The van der Waals surface area contributed by atoms with Gasteiger partial charge in [0.2, 0.25) is 0 Å². The Bertz CT molecular complexity index is 2000. The molecule has 0 atom stereocenters. The number of aromatic nitrogens is 6. The molecule has 2 saturated heterocycles. The number of ether oxygens (including phenoxy) is 2. The molecule has 2 fully saturated rings. The summed E-state index contributed by atoms with van der Waals surface area (Å²) in [6, 6.07) is 3.96. The minimum absolute atomic E-state index is 0.558. The van der Waals surface area contributed by atoms with Crippen LogP contribution in [0.25, 0.3) is 22.1 Å². The number of pyridine rings is 2. The first-order valence-corrected chi connectivity index (χ1v) is 20.7. The molecular weight excluding hydrogens is 869 g/mol. The van der Waals surface area contributed by atoms with Crippen molar-refractivity contribution in [3.63, 3.8) is 0 Å². The molecule has 8 N–H and O–H groups in total. The van der Waals surface area contributed by atoms with Crippen LogP contribution in [-0.4, -0.2) is 184 Å². The summed E-state index contributed by atoms with van der Waals surface area (Å²) in [6.07, 6.45) is 10.7. The molecular formula is C42H58N10O14. The highest BCUT2D eigenvalue weighted by molar-refractivity contribution is 5.90. The summed E-state index contributed by atoms with van der Waals surface area (Å²) in [5, 5.41) is 53.6. The van der Waals surface area contributed by atoms with E-state index in [9.17, 15) is 28.8 Å². The van der Waals surface area contributed by atoms with E-state index in [1.807, 2.05) is 38.4 Å². The largest absolute Gasteiger partial charge is 0.478 e. The molecule has 24 nitrogen and oxygen atoms in total. The molecule has 4 aromatic rings. The van der Waals surface area contributed by atoms with Gasteiger partial charge in [0, 0.05) is 128 Å². The zero-order valence-electron chi connectivity index (χ0n) is 36.8. The molecule has 0 unspecified atom stereocenters. The van der Waals surface area contributed by atoms with E-state index in [1.165, 1.54) is 0 Å². The second kappa shape index (κ2) is 31.8. The van der Waals surface area contributed by atoms with Gasteiger partial charge in [-0.15, -0.1) is 0 Å². The molecule has 0 saturated carbocycles. The highest BCUT2D eigenvalue weighted by Gasteiger charge is 2.18. The maximum atomic E-state index is 9.55. The number of carboxylic acids is 6. The third-order valence-electron chi connectivity index (χ3n) is 8.84. The number of hydrogen-bond acceptors (Lipinski definition) is 16. The van der Waals surface area contributed by atoms with Gasteiger partial charge in [0.25, 0.3) is 0 Å². The van der Waals surface area contributed by atoms with Gasteiger partial charge in [0.05, 0.1) is 60.8 Å². The predicted molar refractivity (Wildman–Crippen MR) is 238 cm³/mol. The first kappa shape index (κ1) is 55.2. The molecule has 0 bridgehead atoms. The van der Waals surface area contributed by atoms with Gasteiger partial charge in [0.15, 0.2) is 0 Å². The minimum atomic E-state index is -1.26. The van der Waals surface area contributed by atoms with Crippen LogP contribution in [0.15, 0.2) is 73.4 Å². The lowest BCUT2D eigenvalue weighted by atomic mass is 10.3. The molecule has 2 aliphatic rings. The molecule has 0 radical (unpaired) electrons. The Labute approximate surface area is 379 Å². The molecule has 24 heteroatoms. The summed E-state index contributed by atoms with van der Waals surface area (Å²) < 4.78 is 15.5. The van der Waals surface area contributed by atoms with E-state index in [-0.39, 0.29) is 0 Å². The molecule has 0 spiro atoms. The van der Waals surface area contributed by atoms with Crippen molar-refractivity contribution in [3.05, 3.63) is 85.0 Å². The molecule has 360 valence electrons. The maximum Gasteiger partial charge on any atom is 0.328 e. The van der Waals surface area contributed by atoms with E-state index in [0.717, 1.165) is 125 Å². The maximum absolute atomic E-state index is 9.55. The van der Waals surface area contributed by atoms with Crippen LogP contribution in [0, 0.1) is 0 Å². The average Bonchev–Trinajstić information content (AvgIpc) is 3.82. The van der Waals surface area contributed by atoms with Gasteiger partial charge in [-0.25, -0.2) is 38.7 Å². The smallest absolute Gasteiger partial charge is 0.328 e. The second-order valence-corrected chi connectivity index (χ2v) is 13.6.